The van der Waals surface area contributed by atoms with Gasteiger partial charge >= 0.3 is 0 Å². The van der Waals surface area contributed by atoms with Crippen molar-refractivity contribution in [2.24, 2.45) is 0 Å². The van der Waals surface area contributed by atoms with Crippen LogP contribution in [-0.4, -0.2) is 53.9 Å². The Morgan fingerprint density at radius 3 is 2.37 bits per heavy atom. The van der Waals surface area contributed by atoms with Crippen LogP contribution in [0.3, 0.4) is 0 Å². The van der Waals surface area contributed by atoms with Gasteiger partial charge in [-0.05, 0) is 61.0 Å². The smallest absolute Gasteiger partial charge is 0.251 e. The average molecular weight is 473 g/mol. The molecule has 4 rings (SSSR count). The van der Waals surface area contributed by atoms with Gasteiger partial charge in [0.1, 0.15) is 5.75 Å². The summed E-state index contributed by atoms with van der Waals surface area (Å²) in [6, 6.07) is 21.8. The van der Waals surface area contributed by atoms with E-state index in [0.717, 1.165) is 28.0 Å². The Kier molecular flexibility index (Phi) is 7.98. The van der Waals surface area contributed by atoms with E-state index in [-0.39, 0.29) is 25.2 Å². The second kappa shape index (κ2) is 11.3. The molecule has 0 aliphatic carbocycles. The lowest BCUT2D eigenvalue weighted by Crippen LogP contribution is -2.37. The first kappa shape index (κ1) is 24.7. The Morgan fingerprint density at radius 2 is 1.69 bits per heavy atom. The predicted octanol–water partition coefficient (Wildman–Crippen LogP) is 4.25. The number of carbonyl (C=O) groups excluding carboxylic acids is 1. The third-order valence-electron chi connectivity index (χ3n) is 6.33. The van der Waals surface area contributed by atoms with Crippen LogP contribution >= 0.6 is 0 Å². The molecule has 0 fully saturated rings. The summed E-state index contributed by atoms with van der Waals surface area (Å²) < 4.78 is 5.91. The highest BCUT2D eigenvalue weighted by atomic mass is 16.5. The minimum atomic E-state index is -0.298. The Morgan fingerprint density at radius 1 is 1.00 bits per heavy atom. The first-order chi connectivity index (χ1) is 17.0. The van der Waals surface area contributed by atoms with Gasteiger partial charge in [0.25, 0.3) is 5.91 Å². The number of aliphatic hydroxyl groups is 2. The van der Waals surface area contributed by atoms with Crippen molar-refractivity contribution in [3.05, 3.63) is 89.0 Å². The zero-order valence-corrected chi connectivity index (χ0v) is 20.2. The zero-order chi connectivity index (χ0) is 24.8. The molecule has 35 heavy (non-hydrogen) atoms. The number of carbonyl (C=O) groups is 1. The van der Waals surface area contributed by atoms with Gasteiger partial charge in [0.05, 0.1) is 25.9 Å². The number of benzene rings is 3. The van der Waals surface area contributed by atoms with Crippen LogP contribution in [0.15, 0.2) is 72.3 Å². The van der Waals surface area contributed by atoms with Crippen molar-refractivity contribution in [2.45, 2.75) is 25.9 Å². The van der Waals surface area contributed by atoms with Gasteiger partial charge in [0.15, 0.2) is 0 Å². The fourth-order valence-electron chi connectivity index (χ4n) is 4.09. The number of nitrogens with one attached hydrogen (secondary N) is 1. The highest BCUT2D eigenvalue weighted by molar-refractivity contribution is 6.07. The van der Waals surface area contributed by atoms with Gasteiger partial charge < -0.3 is 20.3 Å². The highest BCUT2D eigenvalue weighted by Crippen LogP contribution is 2.31. The number of hydrogen-bond donors (Lipinski definition) is 3. The van der Waals surface area contributed by atoms with E-state index in [1.807, 2.05) is 54.4 Å². The van der Waals surface area contributed by atoms with E-state index < -0.39 is 0 Å². The van der Waals surface area contributed by atoms with Gasteiger partial charge in [-0.2, -0.15) is 0 Å². The van der Waals surface area contributed by atoms with Crippen LogP contribution in [0, 0.1) is 6.92 Å². The SMILES string of the molecule is Cc1ccc(-c2ccc3c(c2)C=C(C(=O)Nc2ccc(CN(C)C(CO)CO)cc2)CCO3)cc1. The van der Waals surface area contributed by atoms with Crippen molar-refractivity contribution in [3.8, 4) is 16.9 Å². The van der Waals surface area contributed by atoms with Gasteiger partial charge in [0, 0.05) is 29.8 Å². The van der Waals surface area contributed by atoms with Crippen molar-refractivity contribution in [2.75, 3.05) is 32.2 Å². The molecular weight excluding hydrogens is 440 g/mol. The quantitative estimate of drug-likeness (QED) is 0.457. The van der Waals surface area contributed by atoms with Crippen LogP contribution in [0.25, 0.3) is 17.2 Å². The van der Waals surface area contributed by atoms with Crippen LogP contribution in [0.5, 0.6) is 5.75 Å². The molecule has 0 unspecified atom stereocenters. The van der Waals surface area contributed by atoms with E-state index in [4.69, 9.17) is 4.74 Å². The monoisotopic (exact) mass is 472 g/mol. The zero-order valence-electron chi connectivity index (χ0n) is 20.2. The summed E-state index contributed by atoms with van der Waals surface area (Å²) in [4.78, 5) is 14.9. The van der Waals surface area contributed by atoms with E-state index in [1.165, 1.54) is 5.56 Å². The molecular formula is C29H32N2O4. The van der Waals surface area contributed by atoms with E-state index in [1.54, 1.807) is 0 Å². The van der Waals surface area contributed by atoms with Gasteiger partial charge in [-0.1, -0.05) is 48.0 Å². The van der Waals surface area contributed by atoms with E-state index in [0.29, 0.717) is 30.8 Å². The lowest BCUT2D eigenvalue weighted by molar-refractivity contribution is -0.113. The molecule has 182 valence electrons. The highest BCUT2D eigenvalue weighted by Gasteiger charge is 2.17. The largest absolute Gasteiger partial charge is 0.493 e. The maximum absolute atomic E-state index is 13.1. The molecule has 0 spiro atoms. The van der Waals surface area contributed by atoms with Crippen molar-refractivity contribution in [3.63, 3.8) is 0 Å². The second-order valence-electron chi connectivity index (χ2n) is 8.97. The molecule has 0 atom stereocenters. The Bertz CT molecular complexity index is 1180. The number of amides is 1. The molecule has 0 radical (unpaired) electrons. The number of aliphatic hydroxyl groups excluding tert-OH is 2. The van der Waals surface area contributed by atoms with Crippen LogP contribution in [0.1, 0.15) is 23.1 Å². The Hall–Kier alpha value is -3.45. The number of likely N-dealkylation sites (N-methyl/N-ethyl adjacent to an activating group) is 1. The molecule has 6 heteroatoms. The van der Waals surface area contributed by atoms with Crippen LogP contribution in [0.4, 0.5) is 5.69 Å². The minimum absolute atomic E-state index is 0.102. The first-order valence-electron chi connectivity index (χ1n) is 11.8. The molecule has 1 aliphatic rings. The summed E-state index contributed by atoms with van der Waals surface area (Å²) in [6.45, 7) is 2.89. The first-order valence-corrected chi connectivity index (χ1v) is 11.8. The number of anilines is 1. The standard InChI is InChI=1S/C29H32N2O4/c1-20-3-7-22(8-4-20)23-9-12-28-25(15-23)16-24(13-14-35-28)29(34)30-26-10-5-21(6-11-26)17-31(2)27(18-32)19-33/h3-12,15-16,27,32-33H,13-14,17-19H2,1-2H3,(H,30,34). The van der Waals surface area contributed by atoms with Gasteiger partial charge in [-0.15, -0.1) is 0 Å². The molecule has 3 aromatic rings. The van der Waals surface area contributed by atoms with Crippen molar-refractivity contribution in [1.82, 2.24) is 4.90 Å². The molecule has 0 aromatic heterocycles. The third-order valence-corrected chi connectivity index (χ3v) is 6.33. The minimum Gasteiger partial charge on any atom is -0.493 e. The second-order valence-corrected chi connectivity index (χ2v) is 8.97. The normalized spacial score (nSPS) is 13.1. The fourth-order valence-corrected chi connectivity index (χ4v) is 4.09. The Labute approximate surface area is 206 Å². The summed E-state index contributed by atoms with van der Waals surface area (Å²) in [7, 11) is 1.86. The third kappa shape index (κ3) is 6.17. The Balaban J connectivity index is 1.47. The summed E-state index contributed by atoms with van der Waals surface area (Å²) in [6.07, 6.45) is 2.44. The molecule has 0 bridgehead atoms. The number of fused-ring (bicyclic) bond motifs is 1. The predicted molar refractivity (Wildman–Crippen MR) is 139 cm³/mol. The summed E-state index contributed by atoms with van der Waals surface area (Å²) in [5, 5.41) is 21.7. The van der Waals surface area contributed by atoms with Gasteiger partial charge in [-0.3, -0.25) is 9.69 Å². The molecule has 6 nitrogen and oxygen atoms in total. The molecule has 1 amide bonds. The van der Waals surface area contributed by atoms with Crippen LogP contribution in [0.2, 0.25) is 0 Å². The van der Waals surface area contributed by atoms with Crippen molar-refractivity contribution in [1.29, 1.82) is 0 Å². The molecule has 1 heterocycles. The summed E-state index contributed by atoms with van der Waals surface area (Å²) >= 11 is 0. The topological polar surface area (TPSA) is 82.0 Å². The summed E-state index contributed by atoms with van der Waals surface area (Å²) in [5.41, 5.74) is 6.71. The van der Waals surface area contributed by atoms with Gasteiger partial charge in [0.2, 0.25) is 0 Å². The van der Waals surface area contributed by atoms with E-state index in [2.05, 4.69) is 42.6 Å². The molecule has 3 N–H and O–H groups in total. The maximum Gasteiger partial charge on any atom is 0.251 e. The van der Waals surface area contributed by atoms with Crippen molar-refractivity contribution < 1.29 is 19.7 Å². The fraction of sp³-hybridized carbons (Fsp3) is 0.276. The average Bonchev–Trinajstić information content (AvgIpc) is 3.08. The lowest BCUT2D eigenvalue weighted by Gasteiger charge is -2.24. The summed E-state index contributed by atoms with van der Waals surface area (Å²) in [5.74, 6) is 0.633. The molecule has 0 saturated heterocycles. The molecule has 3 aromatic carbocycles. The van der Waals surface area contributed by atoms with Gasteiger partial charge in [-0.25, -0.2) is 0 Å². The molecule has 0 saturated carbocycles. The number of aryl methyl sites for hydroxylation is 1. The maximum atomic E-state index is 13.1. The van der Waals surface area contributed by atoms with Crippen LogP contribution in [-0.2, 0) is 11.3 Å². The lowest BCUT2D eigenvalue weighted by atomic mass is 10.00. The number of hydrogen-bond acceptors (Lipinski definition) is 5. The number of ether oxygens (including phenoxy) is 1. The van der Waals surface area contributed by atoms with E-state index in [9.17, 15) is 15.0 Å². The van der Waals surface area contributed by atoms with Crippen molar-refractivity contribution >= 4 is 17.7 Å². The van der Waals surface area contributed by atoms with E-state index >= 15 is 0 Å². The number of nitrogens with zero attached hydrogens (tertiary/aromatic N) is 1. The van der Waals surface area contributed by atoms with Crippen LogP contribution < -0.4 is 10.1 Å². The molecule has 1 aliphatic heterocycles. The number of rotatable bonds is 8.